The second-order valence-corrected chi connectivity index (χ2v) is 6.68. The first kappa shape index (κ1) is 20.1. The van der Waals surface area contributed by atoms with E-state index in [1.807, 2.05) is 31.2 Å². The summed E-state index contributed by atoms with van der Waals surface area (Å²) >= 11 is 0. The van der Waals surface area contributed by atoms with Gasteiger partial charge in [0.15, 0.2) is 5.78 Å². The fourth-order valence-electron chi connectivity index (χ4n) is 3.03. The topological polar surface area (TPSA) is 105 Å². The lowest BCUT2D eigenvalue weighted by Crippen LogP contribution is -2.37. The highest BCUT2D eigenvalue weighted by molar-refractivity contribution is 5.99. The van der Waals surface area contributed by atoms with Crippen molar-refractivity contribution in [1.29, 1.82) is 0 Å². The molecule has 0 saturated heterocycles. The number of nitrogens with one attached hydrogen (secondary N) is 2. The van der Waals surface area contributed by atoms with E-state index in [0.29, 0.717) is 11.4 Å². The Kier molecular flexibility index (Phi) is 5.68. The summed E-state index contributed by atoms with van der Waals surface area (Å²) < 4.78 is 5.22. The highest BCUT2D eigenvalue weighted by Crippen LogP contribution is 2.29. The van der Waals surface area contributed by atoms with Gasteiger partial charge in [0.25, 0.3) is 10.9 Å². The summed E-state index contributed by atoms with van der Waals surface area (Å²) in [6.07, 6.45) is 0.238. The molecule has 0 aliphatic carbocycles. The Bertz CT molecular complexity index is 1130. The SMILES string of the molecule is CCC(=O)c1cc(Nc2c(N[C@H](C)c3cccc(OC)c3)c(=O)c2=O)ccc1O. The number of Topliss-reactive ketones (excluding diaryl/α,β-unsaturated/α-hetero) is 1. The van der Waals surface area contributed by atoms with E-state index in [1.165, 1.54) is 18.2 Å². The number of phenolic OH excluding ortho intramolecular Hbond substituents is 1. The van der Waals surface area contributed by atoms with Crippen LogP contribution in [0, 0.1) is 0 Å². The van der Waals surface area contributed by atoms with Crippen molar-refractivity contribution < 1.29 is 14.6 Å². The number of carbonyl (C=O) groups excluding carboxylic acids is 1. The average Bonchev–Trinajstić information content (AvgIpc) is 2.76. The lowest BCUT2D eigenvalue weighted by molar-refractivity contribution is 0.0985. The van der Waals surface area contributed by atoms with Gasteiger partial charge in [-0.3, -0.25) is 14.4 Å². The summed E-state index contributed by atoms with van der Waals surface area (Å²) in [6, 6.07) is 11.5. The van der Waals surface area contributed by atoms with Crippen LogP contribution in [0.15, 0.2) is 52.1 Å². The van der Waals surface area contributed by atoms with Crippen LogP contribution in [0.25, 0.3) is 0 Å². The zero-order valence-electron chi connectivity index (χ0n) is 16.4. The van der Waals surface area contributed by atoms with E-state index < -0.39 is 10.9 Å². The second kappa shape index (κ2) is 8.18. The highest BCUT2D eigenvalue weighted by atomic mass is 16.5. The number of ketones is 1. The van der Waals surface area contributed by atoms with Gasteiger partial charge in [-0.05, 0) is 42.8 Å². The molecule has 7 nitrogen and oxygen atoms in total. The Morgan fingerprint density at radius 1 is 1.10 bits per heavy atom. The smallest absolute Gasteiger partial charge is 0.253 e. The van der Waals surface area contributed by atoms with Crippen molar-refractivity contribution in [1.82, 2.24) is 0 Å². The standard InChI is InChI=1S/C22H22N2O5/c1-4-17(25)16-11-14(8-9-18(16)26)24-20-19(21(27)22(20)28)23-12(2)13-6-5-7-15(10-13)29-3/h5-12,23-24,26H,4H2,1-3H3/t12-/m1/s1. The van der Waals surface area contributed by atoms with Gasteiger partial charge in [0.2, 0.25) is 0 Å². The molecule has 29 heavy (non-hydrogen) atoms. The number of rotatable bonds is 8. The molecule has 0 radical (unpaired) electrons. The van der Waals surface area contributed by atoms with Gasteiger partial charge in [-0.2, -0.15) is 0 Å². The van der Waals surface area contributed by atoms with Crippen LogP contribution >= 0.6 is 0 Å². The monoisotopic (exact) mass is 394 g/mol. The molecule has 0 unspecified atom stereocenters. The molecular formula is C22H22N2O5. The maximum atomic E-state index is 12.1. The Hall–Kier alpha value is -3.61. The van der Waals surface area contributed by atoms with Gasteiger partial charge in [0.1, 0.15) is 22.9 Å². The maximum Gasteiger partial charge on any atom is 0.253 e. The summed E-state index contributed by atoms with van der Waals surface area (Å²) in [5.74, 6) is 0.343. The Morgan fingerprint density at radius 3 is 2.52 bits per heavy atom. The summed E-state index contributed by atoms with van der Waals surface area (Å²) in [6.45, 7) is 3.56. The molecule has 3 aromatic rings. The molecule has 0 spiro atoms. The van der Waals surface area contributed by atoms with Crippen LogP contribution in [-0.2, 0) is 0 Å². The largest absolute Gasteiger partial charge is 0.507 e. The number of hydrogen-bond donors (Lipinski definition) is 3. The minimum Gasteiger partial charge on any atom is -0.507 e. The quantitative estimate of drug-likeness (QED) is 0.305. The molecule has 3 rings (SSSR count). The van der Waals surface area contributed by atoms with Gasteiger partial charge < -0.3 is 20.5 Å². The minimum absolute atomic E-state index is 0.127. The van der Waals surface area contributed by atoms with Crippen LogP contribution in [0.1, 0.15) is 42.2 Å². The van der Waals surface area contributed by atoms with Crippen LogP contribution in [0.5, 0.6) is 11.5 Å². The molecular weight excluding hydrogens is 372 g/mol. The summed E-state index contributed by atoms with van der Waals surface area (Å²) in [4.78, 5) is 36.1. The Balaban J connectivity index is 1.85. The predicted octanol–water partition coefficient (Wildman–Crippen LogP) is 3.51. The highest BCUT2D eigenvalue weighted by Gasteiger charge is 2.23. The fraction of sp³-hybridized carbons (Fsp3) is 0.227. The molecule has 0 aliphatic heterocycles. The van der Waals surface area contributed by atoms with Gasteiger partial charge in [-0.1, -0.05) is 19.1 Å². The molecule has 3 aromatic carbocycles. The lowest BCUT2D eigenvalue weighted by Gasteiger charge is -2.20. The Labute approximate surface area is 167 Å². The van der Waals surface area contributed by atoms with Crippen molar-refractivity contribution in [3.05, 3.63) is 74.0 Å². The second-order valence-electron chi connectivity index (χ2n) is 6.68. The molecule has 0 saturated carbocycles. The van der Waals surface area contributed by atoms with Gasteiger partial charge in [-0.25, -0.2) is 0 Å². The van der Waals surface area contributed by atoms with E-state index in [1.54, 1.807) is 14.0 Å². The van der Waals surface area contributed by atoms with Crippen LogP contribution in [-0.4, -0.2) is 18.0 Å². The molecule has 0 aromatic heterocycles. The minimum atomic E-state index is -0.637. The molecule has 3 N–H and O–H groups in total. The number of methoxy groups -OCH3 is 1. The van der Waals surface area contributed by atoms with Crippen molar-refractivity contribution >= 4 is 22.8 Å². The van der Waals surface area contributed by atoms with Crippen LogP contribution in [0.4, 0.5) is 17.1 Å². The van der Waals surface area contributed by atoms with Crippen LogP contribution in [0.2, 0.25) is 0 Å². The van der Waals surface area contributed by atoms with Crippen LogP contribution in [0.3, 0.4) is 0 Å². The van der Waals surface area contributed by atoms with E-state index in [-0.39, 0.29) is 40.9 Å². The van der Waals surface area contributed by atoms with Crippen molar-refractivity contribution in [2.75, 3.05) is 17.7 Å². The fourth-order valence-corrected chi connectivity index (χ4v) is 3.03. The van der Waals surface area contributed by atoms with Crippen molar-refractivity contribution in [2.24, 2.45) is 0 Å². The summed E-state index contributed by atoms with van der Waals surface area (Å²) in [5.41, 5.74) is 0.558. The third-order valence-electron chi connectivity index (χ3n) is 4.75. The number of aromatic hydroxyl groups is 1. The van der Waals surface area contributed by atoms with Crippen LogP contribution < -0.4 is 26.2 Å². The molecule has 0 bridgehead atoms. The number of benzene rings is 2. The number of carbonyl (C=O) groups is 1. The first-order chi connectivity index (χ1) is 13.8. The van der Waals surface area contributed by atoms with Gasteiger partial charge in [0.05, 0.1) is 12.7 Å². The van der Waals surface area contributed by atoms with Crippen molar-refractivity contribution in [2.45, 2.75) is 26.3 Å². The molecule has 0 heterocycles. The van der Waals surface area contributed by atoms with E-state index >= 15 is 0 Å². The van der Waals surface area contributed by atoms with Gasteiger partial charge >= 0.3 is 0 Å². The normalized spacial score (nSPS) is 11.8. The molecule has 7 heteroatoms. The van der Waals surface area contributed by atoms with E-state index in [9.17, 15) is 19.5 Å². The zero-order chi connectivity index (χ0) is 21.1. The molecule has 0 aliphatic rings. The lowest BCUT2D eigenvalue weighted by atomic mass is 10.1. The van der Waals surface area contributed by atoms with E-state index in [2.05, 4.69) is 10.6 Å². The summed E-state index contributed by atoms with van der Waals surface area (Å²) in [5, 5.41) is 15.8. The number of anilines is 3. The first-order valence-electron chi connectivity index (χ1n) is 9.22. The maximum absolute atomic E-state index is 12.1. The van der Waals surface area contributed by atoms with Crippen molar-refractivity contribution in [3.63, 3.8) is 0 Å². The van der Waals surface area contributed by atoms with Crippen molar-refractivity contribution in [3.8, 4) is 11.5 Å². The van der Waals surface area contributed by atoms with E-state index in [4.69, 9.17) is 4.74 Å². The number of ether oxygens (including phenoxy) is 1. The third-order valence-corrected chi connectivity index (χ3v) is 4.75. The van der Waals surface area contributed by atoms with Gasteiger partial charge in [0, 0.05) is 18.2 Å². The summed E-state index contributed by atoms with van der Waals surface area (Å²) in [7, 11) is 1.57. The molecule has 0 fully saturated rings. The average molecular weight is 394 g/mol. The molecule has 0 amide bonds. The molecule has 150 valence electrons. The third kappa shape index (κ3) is 3.99. The number of phenols is 1. The predicted molar refractivity (Wildman–Crippen MR) is 112 cm³/mol. The number of hydrogen-bond acceptors (Lipinski definition) is 7. The molecule has 1 atom stereocenters. The zero-order valence-corrected chi connectivity index (χ0v) is 16.4. The van der Waals surface area contributed by atoms with Gasteiger partial charge in [-0.15, -0.1) is 0 Å². The van der Waals surface area contributed by atoms with E-state index in [0.717, 1.165) is 5.56 Å². The Morgan fingerprint density at radius 2 is 1.83 bits per heavy atom. The first-order valence-corrected chi connectivity index (χ1v) is 9.22.